The maximum absolute atomic E-state index is 14.0. The first-order chi connectivity index (χ1) is 20.3. The number of para-hydroxylation sites is 1. The summed E-state index contributed by atoms with van der Waals surface area (Å²) in [7, 11) is 0. The fourth-order valence-electron chi connectivity index (χ4n) is 5.18. The van der Waals surface area contributed by atoms with Gasteiger partial charge in [0.25, 0.3) is 0 Å². The van der Waals surface area contributed by atoms with Crippen LogP contribution < -0.4 is 20.1 Å². The molecule has 2 aliphatic rings. The Morgan fingerprint density at radius 1 is 1.05 bits per heavy atom. The number of ether oxygens (including phenoxy) is 3. The van der Waals surface area contributed by atoms with Crippen LogP contribution in [0.4, 0.5) is 24.7 Å². The third-order valence-electron chi connectivity index (χ3n) is 7.30. The summed E-state index contributed by atoms with van der Waals surface area (Å²) in [6.45, 7) is 0.882. The van der Waals surface area contributed by atoms with Crippen LogP contribution in [0.3, 0.4) is 0 Å². The lowest BCUT2D eigenvalue weighted by molar-refractivity contribution is -0.0496. The minimum Gasteiger partial charge on any atom is -0.454 e. The molecular weight excluding hydrogens is 549 g/mol. The summed E-state index contributed by atoms with van der Waals surface area (Å²) < 4.78 is 57.9. The van der Waals surface area contributed by atoms with Crippen LogP contribution in [0.2, 0.25) is 0 Å². The number of hydrogen-bond donors (Lipinski definition) is 1. The summed E-state index contributed by atoms with van der Waals surface area (Å²) in [5.74, 6) is -0.00755. The monoisotopic (exact) mass is 576 g/mol. The summed E-state index contributed by atoms with van der Waals surface area (Å²) in [6, 6.07) is 14.6. The number of nitrogens with zero attached hydrogens (tertiary/aromatic N) is 3. The van der Waals surface area contributed by atoms with Crippen LogP contribution in [0.15, 0.2) is 66.4 Å². The second-order valence-corrected chi connectivity index (χ2v) is 10.0. The van der Waals surface area contributed by atoms with Crippen LogP contribution in [0.5, 0.6) is 17.2 Å². The number of Topliss-reactive ketones (excluding diaryl/α,β-unsaturated/α-hetero) is 1. The van der Waals surface area contributed by atoms with Gasteiger partial charge in [0.05, 0.1) is 36.3 Å². The van der Waals surface area contributed by atoms with Crippen LogP contribution in [0.1, 0.15) is 27.0 Å². The molecule has 6 rings (SSSR count). The highest BCUT2D eigenvalue weighted by Gasteiger charge is 2.27. The second kappa shape index (κ2) is 11.2. The SMILES string of the molecule is Cc1cc(-n2ncc(C(=O)C3=Cc4cc(OC(F)F)c(N5CCOCC5)cc4C3)c2N)ccc1Oc1ccccc1F. The molecule has 0 atom stereocenters. The number of fused-ring (bicyclic) bond motifs is 1. The summed E-state index contributed by atoms with van der Waals surface area (Å²) in [4.78, 5) is 15.5. The van der Waals surface area contributed by atoms with E-state index >= 15 is 0 Å². The molecule has 2 N–H and O–H groups in total. The molecule has 0 saturated carbocycles. The van der Waals surface area contributed by atoms with Crippen molar-refractivity contribution in [2.45, 2.75) is 20.0 Å². The molecule has 0 unspecified atom stereocenters. The number of allylic oxidation sites excluding steroid dienone is 1. The number of nitrogens with two attached hydrogens (primary N) is 1. The molecule has 1 aliphatic heterocycles. The number of ketones is 1. The average molecular weight is 577 g/mol. The molecule has 2 heterocycles. The van der Waals surface area contributed by atoms with Crippen molar-refractivity contribution in [3.8, 4) is 22.9 Å². The van der Waals surface area contributed by atoms with Crippen LogP contribution in [-0.2, 0) is 11.2 Å². The highest BCUT2D eigenvalue weighted by molar-refractivity contribution is 6.15. The number of hydrogen-bond acceptors (Lipinski definition) is 7. The average Bonchev–Trinajstić information content (AvgIpc) is 3.57. The molecule has 11 heteroatoms. The van der Waals surface area contributed by atoms with E-state index < -0.39 is 12.4 Å². The van der Waals surface area contributed by atoms with Gasteiger partial charge in [-0.1, -0.05) is 12.1 Å². The van der Waals surface area contributed by atoms with E-state index in [-0.39, 0.29) is 28.7 Å². The molecule has 42 heavy (non-hydrogen) atoms. The zero-order valence-electron chi connectivity index (χ0n) is 22.6. The lowest BCUT2D eigenvalue weighted by Gasteiger charge is -2.30. The Hall–Kier alpha value is -4.77. The number of carbonyl (C=O) groups excluding carboxylic acids is 1. The minimum absolute atomic E-state index is 0.0562. The molecule has 216 valence electrons. The number of halogens is 3. The molecule has 1 aromatic heterocycles. The quantitative estimate of drug-likeness (QED) is 0.259. The molecule has 4 aromatic rings. The van der Waals surface area contributed by atoms with E-state index in [1.165, 1.54) is 23.0 Å². The van der Waals surface area contributed by atoms with Crippen molar-refractivity contribution in [3.63, 3.8) is 0 Å². The van der Waals surface area contributed by atoms with Crippen LogP contribution in [0.25, 0.3) is 11.8 Å². The van der Waals surface area contributed by atoms with E-state index in [1.807, 2.05) is 11.8 Å². The van der Waals surface area contributed by atoms with E-state index in [9.17, 15) is 18.0 Å². The largest absolute Gasteiger partial charge is 0.454 e. The van der Waals surface area contributed by atoms with E-state index in [1.54, 1.807) is 48.5 Å². The van der Waals surface area contributed by atoms with Crippen LogP contribution in [0, 0.1) is 12.7 Å². The molecule has 0 spiro atoms. The zero-order chi connectivity index (χ0) is 29.4. The Kier molecular flexibility index (Phi) is 7.34. The predicted molar refractivity (Wildman–Crippen MR) is 151 cm³/mol. The Morgan fingerprint density at radius 2 is 1.83 bits per heavy atom. The van der Waals surface area contributed by atoms with Gasteiger partial charge in [0.1, 0.15) is 17.3 Å². The summed E-state index contributed by atoms with van der Waals surface area (Å²) in [5, 5.41) is 4.34. The van der Waals surface area contributed by atoms with E-state index in [2.05, 4.69) is 5.10 Å². The molecular formula is C31H27F3N4O4. The normalized spacial score (nSPS) is 14.6. The van der Waals surface area contributed by atoms with Crippen molar-refractivity contribution < 1.29 is 32.2 Å². The van der Waals surface area contributed by atoms with Crippen molar-refractivity contribution in [1.29, 1.82) is 0 Å². The van der Waals surface area contributed by atoms with Crippen molar-refractivity contribution in [2.75, 3.05) is 36.9 Å². The van der Waals surface area contributed by atoms with Crippen molar-refractivity contribution in [1.82, 2.24) is 9.78 Å². The summed E-state index contributed by atoms with van der Waals surface area (Å²) in [5.41, 5.74) is 10.4. The first kappa shape index (κ1) is 27.4. The number of morpholine rings is 1. The van der Waals surface area contributed by atoms with Gasteiger partial charge in [-0.3, -0.25) is 4.79 Å². The minimum atomic E-state index is -2.98. The number of aromatic nitrogens is 2. The van der Waals surface area contributed by atoms with Crippen molar-refractivity contribution in [2.24, 2.45) is 0 Å². The van der Waals surface area contributed by atoms with Gasteiger partial charge in [-0.2, -0.15) is 13.9 Å². The van der Waals surface area contributed by atoms with Gasteiger partial charge >= 0.3 is 6.61 Å². The smallest absolute Gasteiger partial charge is 0.387 e. The molecule has 1 saturated heterocycles. The van der Waals surface area contributed by atoms with Gasteiger partial charge in [-0.05, 0) is 72.2 Å². The number of rotatable bonds is 8. The Morgan fingerprint density at radius 3 is 2.57 bits per heavy atom. The highest BCUT2D eigenvalue weighted by atomic mass is 19.3. The topological polar surface area (TPSA) is 91.8 Å². The fraction of sp³-hybridized carbons (Fsp3) is 0.226. The van der Waals surface area contributed by atoms with Crippen LogP contribution >= 0.6 is 0 Å². The fourth-order valence-corrected chi connectivity index (χ4v) is 5.18. The Balaban J connectivity index is 1.24. The first-order valence-electron chi connectivity index (χ1n) is 13.3. The van der Waals surface area contributed by atoms with Gasteiger partial charge in [0.2, 0.25) is 0 Å². The maximum Gasteiger partial charge on any atom is 0.387 e. The standard InChI is InChI=1S/C31H27F3N4O4/c1-18-12-22(6-7-26(18)41-27-5-3-2-4-24(27)32)38-30(35)23(17-36-38)29(39)21-13-19-15-25(37-8-10-40-11-9-37)28(42-31(33)34)16-20(19)14-21/h2-7,12,14-17,31H,8-11,13,35H2,1H3. The number of alkyl halides is 2. The molecule has 0 bridgehead atoms. The molecule has 1 aliphatic carbocycles. The van der Waals surface area contributed by atoms with Crippen molar-refractivity contribution in [3.05, 3.63) is 94.4 Å². The molecule has 1 fully saturated rings. The number of nitrogen functional groups attached to an aromatic ring is 1. The van der Waals surface area contributed by atoms with E-state index in [0.29, 0.717) is 66.5 Å². The van der Waals surface area contributed by atoms with Gasteiger partial charge < -0.3 is 24.8 Å². The number of anilines is 2. The predicted octanol–water partition coefficient (Wildman–Crippen LogP) is 5.95. The lowest BCUT2D eigenvalue weighted by Crippen LogP contribution is -2.36. The van der Waals surface area contributed by atoms with Gasteiger partial charge in [-0.15, -0.1) is 0 Å². The first-order valence-corrected chi connectivity index (χ1v) is 13.3. The Labute approximate surface area is 239 Å². The van der Waals surface area contributed by atoms with Crippen LogP contribution in [-0.4, -0.2) is 48.5 Å². The van der Waals surface area contributed by atoms with Crippen molar-refractivity contribution >= 4 is 23.4 Å². The lowest BCUT2D eigenvalue weighted by atomic mass is 10.0. The van der Waals surface area contributed by atoms with Gasteiger partial charge in [-0.25, -0.2) is 9.07 Å². The second-order valence-electron chi connectivity index (χ2n) is 10.0. The number of carbonyl (C=O) groups is 1. The van der Waals surface area contributed by atoms with Gasteiger partial charge in [0.15, 0.2) is 17.3 Å². The van der Waals surface area contributed by atoms with E-state index in [4.69, 9.17) is 19.9 Å². The Bertz CT molecular complexity index is 1700. The molecule has 0 amide bonds. The molecule has 8 nitrogen and oxygen atoms in total. The van der Waals surface area contributed by atoms with Gasteiger partial charge in [0, 0.05) is 25.1 Å². The third kappa shape index (κ3) is 5.30. The third-order valence-corrected chi connectivity index (χ3v) is 7.30. The van der Waals surface area contributed by atoms with E-state index in [0.717, 1.165) is 5.56 Å². The number of benzene rings is 3. The molecule has 3 aromatic carbocycles. The zero-order valence-corrected chi connectivity index (χ0v) is 22.6. The summed E-state index contributed by atoms with van der Waals surface area (Å²) >= 11 is 0. The number of aryl methyl sites for hydroxylation is 1. The highest BCUT2D eigenvalue weighted by Crippen LogP contribution is 2.39. The molecule has 0 radical (unpaired) electrons. The maximum atomic E-state index is 14.0. The summed E-state index contributed by atoms with van der Waals surface area (Å²) in [6.07, 6.45) is 3.40.